The Morgan fingerprint density at radius 3 is 2.37 bits per heavy atom. The molecule has 0 N–H and O–H groups in total. The topological polar surface area (TPSA) is 67.2 Å². The van der Waals surface area contributed by atoms with E-state index >= 15 is 0 Å². The summed E-state index contributed by atoms with van der Waals surface area (Å²) in [6.45, 7) is 14.0. The highest BCUT2D eigenvalue weighted by Crippen LogP contribution is 2.28. The van der Waals surface area contributed by atoms with E-state index in [0.29, 0.717) is 26.2 Å². The Kier molecular flexibility index (Phi) is 6.88. The van der Waals surface area contributed by atoms with E-state index in [4.69, 9.17) is 9.72 Å². The largest absolute Gasteiger partial charge is 0.444 e. The first-order valence-corrected chi connectivity index (χ1v) is 12.3. The first-order valence-electron chi connectivity index (χ1n) is 12.3. The normalized spacial score (nSPS) is 14.8. The summed E-state index contributed by atoms with van der Waals surface area (Å²) in [5.41, 5.74) is 6.59. The quantitative estimate of drug-likeness (QED) is 0.537. The molecule has 1 saturated heterocycles. The zero-order valence-electron chi connectivity index (χ0n) is 21.7. The summed E-state index contributed by atoms with van der Waals surface area (Å²) in [5.74, 6) is 0.0458. The molecule has 2 amide bonds. The van der Waals surface area contributed by atoms with Gasteiger partial charge in [0.05, 0.1) is 17.8 Å². The summed E-state index contributed by atoms with van der Waals surface area (Å²) >= 11 is 0. The molecule has 0 bridgehead atoms. The molecule has 3 aromatic rings. The molecule has 0 spiro atoms. The van der Waals surface area contributed by atoms with Crippen LogP contribution in [0.1, 0.15) is 49.6 Å². The number of aromatic nitrogens is 2. The number of hydrogen-bond donors (Lipinski definition) is 0. The number of amides is 2. The highest BCUT2D eigenvalue weighted by molar-refractivity contribution is 5.82. The Morgan fingerprint density at radius 2 is 1.66 bits per heavy atom. The third-order valence-electron chi connectivity index (χ3n) is 6.54. The second-order valence-electron chi connectivity index (χ2n) is 10.5. The van der Waals surface area contributed by atoms with Crippen molar-refractivity contribution in [3.8, 4) is 11.3 Å². The number of rotatable bonds is 3. The SMILES string of the molecule is Cc1ccc(-c2nc3c(C)cccn3c2CC(=O)N2CCCN(C(=O)OC(C)(C)C)CC2)cc1C. The third kappa shape index (κ3) is 5.50. The van der Waals surface area contributed by atoms with Crippen molar-refractivity contribution < 1.29 is 14.3 Å². The smallest absolute Gasteiger partial charge is 0.410 e. The van der Waals surface area contributed by atoms with E-state index in [0.717, 1.165) is 34.6 Å². The average molecular weight is 477 g/mol. The van der Waals surface area contributed by atoms with Gasteiger partial charge in [-0.1, -0.05) is 18.2 Å². The molecule has 7 heteroatoms. The summed E-state index contributed by atoms with van der Waals surface area (Å²) in [4.78, 5) is 34.6. The van der Waals surface area contributed by atoms with Gasteiger partial charge in [-0.2, -0.15) is 0 Å². The van der Waals surface area contributed by atoms with Gasteiger partial charge in [0.2, 0.25) is 5.91 Å². The second kappa shape index (κ2) is 9.72. The fourth-order valence-electron chi connectivity index (χ4n) is 4.47. The maximum Gasteiger partial charge on any atom is 0.410 e. The van der Waals surface area contributed by atoms with Gasteiger partial charge >= 0.3 is 6.09 Å². The number of ether oxygens (including phenoxy) is 1. The van der Waals surface area contributed by atoms with Crippen LogP contribution in [0.25, 0.3) is 16.9 Å². The highest BCUT2D eigenvalue weighted by atomic mass is 16.6. The molecule has 1 fully saturated rings. The summed E-state index contributed by atoms with van der Waals surface area (Å²) < 4.78 is 7.57. The number of hydrogen-bond acceptors (Lipinski definition) is 4. The number of fused-ring (bicyclic) bond motifs is 1. The Morgan fingerprint density at radius 1 is 0.943 bits per heavy atom. The van der Waals surface area contributed by atoms with Crippen molar-refractivity contribution in [3.63, 3.8) is 0 Å². The fourth-order valence-corrected chi connectivity index (χ4v) is 4.47. The molecule has 0 atom stereocenters. The fraction of sp³-hybridized carbons (Fsp3) is 0.464. The third-order valence-corrected chi connectivity index (χ3v) is 6.54. The zero-order valence-corrected chi connectivity index (χ0v) is 21.7. The standard InChI is InChI=1S/C28H36N4O3/c1-19-10-11-22(17-21(19)3)25-23(32-14-7-9-20(2)26(32)29-25)18-24(33)30-12-8-13-31(16-15-30)27(34)35-28(4,5)6/h7,9-11,14,17H,8,12-13,15-16,18H2,1-6H3. The molecule has 186 valence electrons. The average Bonchev–Trinajstić information content (AvgIpc) is 2.97. The zero-order chi connectivity index (χ0) is 25.3. The minimum Gasteiger partial charge on any atom is -0.444 e. The first-order chi connectivity index (χ1) is 16.5. The van der Waals surface area contributed by atoms with Gasteiger partial charge in [-0.3, -0.25) is 4.79 Å². The number of pyridine rings is 1. The van der Waals surface area contributed by atoms with Crippen LogP contribution in [-0.2, 0) is 16.0 Å². The molecule has 3 heterocycles. The molecular formula is C28H36N4O3. The van der Waals surface area contributed by atoms with Gasteiger partial charge in [0.1, 0.15) is 11.2 Å². The van der Waals surface area contributed by atoms with Gasteiger partial charge in [0.15, 0.2) is 0 Å². The Balaban J connectivity index is 1.58. The minimum atomic E-state index is -0.537. The molecule has 0 aliphatic carbocycles. The van der Waals surface area contributed by atoms with Crippen molar-refractivity contribution in [1.82, 2.24) is 19.2 Å². The molecular weight excluding hydrogens is 440 g/mol. The minimum absolute atomic E-state index is 0.0458. The molecule has 2 aromatic heterocycles. The van der Waals surface area contributed by atoms with Crippen molar-refractivity contribution in [2.45, 2.75) is 60.0 Å². The molecule has 0 radical (unpaired) electrons. The van der Waals surface area contributed by atoms with Crippen LogP contribution < -0.4 is 0 Å². The maximum absolute atomic E-state index is 13.5. The van der Waals surface area contributed by atoms with E-state index in [1.54, 1.807) is 4.90 Å². The number of imidazole rings is 1. The van der Waals surface area contributed by atoms with Crippen molar-refractivity contribution in [3.05, 3.63) is 58.9 Å². The molecule has 1 aromatic carbocycles. The van der Waals surface area contributed by atoms with Crippen molar-refractivity contribution in [2.24, 2.45) is 0 Å². The Labute approximate surface area is 207 Å². The summed E-state index contributed by atoms with van der Waals surface area (Å²) in [6, 6.07) is 10.4. The van der Waals surface area contributed by atoms with E-state index in [1.807, 2.05) is 55.3 Å². The van der Waals surface area contributed by atoms with Crippen LogP contribution in [0.2, 0.25) is 0 Å². The Bertz CT molecular complexity index is 1260. The van der Waals surface area contributed by atoms with E-state index < -0.39 is 5.60 Å². The predicted molar refractivity (Wildman–Crippen MR) is 138 cm³/mol. The van der Waals surface area contributed by atoms with Crippen LogP contribution in [0, 0.1) is 20.8 Å². The van der Waals surface area contributed by atoms with Gasteiger partial charge in [-0.15, -0.1) is 0 Å². The molecule has 1 aliphatic rings. The molecule has 1 aliphatic heterocycles. The number of benzene rings is 1. The van der Waals surface area contributed by atoms with E-state index in [1.165, 1.54) is 11.1 Å². The molecule has 4 rings (SSSR count). The first kappa shape index (κ1) is 24.8. The van der Waals surface area contributed by atoms with Gasteiger partial charge in [-0.25, -0.2) is 9.78 Å². The van der Waals surface area contributed by atoms with Crippen LogP contribution in [0.5, 0.6) is 0 Å². The van der Waals surface area contributed by atoms with Crippen LogP contribution >= 0.6 is 0 Å². The van der Waals surface area contributed by atoms with Crippen molar-refractivity contribution in [2.75, 3.05) is 26.2 Å². The monoisotopic (exact) mass is 476 g/mol. The lowest BCUT2D eigenvalue weighted by molar-refractivity contribution is -0.130. The summed E-state index contributed by atoms with van der Waals surface area (Å²) in [7, 11) is 0. The lowest BCUT2D eigenvalue weighted by Gasteiger charge is -2.26. The number of aryl methyl sites for hydroxylation is 3. The molecule has 0 saturated carbocycles. The number of carbonyl (C=O) groups excluding carboxylic acids is 2. The molecule has 35 heavy (non-hydrogen) atoms. The number of nitrogens with zero attached hydrogens (tertiary/aromatic N) is 4. The van der Waals surface area contributed by atoms with E-state index in [2.05, 4.69) is 32.0 Å². The van der Waals surface area contributed by atoms with Gasteiger partial charge < -0.3 is 18.9 Å². The second-order valence-corrected chi connectivity index (χ2v) is 10.5. The van der Waals surface area contributed by atoms with Crippen LogP contribution in [0.3, 0.4) is 0 Å². The van der Waals surface area contributed by atoms with Crippen molar-refractivity contribution in [1.29, 1.82) is 0 Å². The number of carbonyl (C=O) groups is 2. The van der Waals surface area contributed by atoms with E-state index in [-0.39, 0.29) is 18.4 Å². The molecule has 7 nitrogen and oxygen atoms in total. The van der Waals surface area contributed by atoms with Crippen molar-refractivity contribution >= 4 is 17.6 Å². The van der Waals surface area contributed by atoms with Crippen LogP contribution in [-0.4, -0.2) is 63.0 Å². The van der Waals surface area contributed by atoms with Gasteiger partial charge in [-0.05, 0) is 76.8 Å². The Hall–Kier alpha value is -3.35. The van der Waals surface area contributed by atoms with Gasteiger partial charge in [0.25, 0.3) is 0 Å². The maximum atomic E-state index is 13.5. The molecule has 0 unspecified atom stereocenters. The van der Waals surface area contributed by atoms with Crippen LogP contribution in [0.4, 0.5) is 4.79 Å². The highest BCUT2D eigenvalue weighted by Gasteiger charge is 2.27. The summed E-state index contributed by atoms with van der Waals surface area (Å²) in [5, 5.41) is 0. The lowest BCUT2D eigenvalue weighted by atomic mass is 10.0. The van der Waals surface area contributed by atoms with Gasteiger partial charge in [0, 0.05) is 37.9 Å². The lowest BCUT2D eigenvalue weighted by Crippen LogP contribution is -2.40. The van der Waals surface area contributed by atoms with E-state index in [9.17, 15) is 9.59 Å². The predicted octanol–water partition coefficient (Wildman–Crippen LogP) is 4.94. The van der Waals surface area contributed by atoms with Crippen LogP contribution in [0.15, 0.2) is 36.5 Å². The summed E-state index contributed by atoms with van der Waals surface area (Å²) in [6.07, 6.45) is 2.64.